The molecule has 0 aliphatic carbocycles. The van der Waals surface area contributed by atoms with Crippen molar-refractivity contribution in [3.05, 3.63) is 0 Å². The Morgan fingerprint density at radius 1 is 1.38 bits per heavy atom. The average molecular weight is 188 g/mol. The summed E-state index contributed by atoms with van der Waals surface area (Å²) in [5.41, 5.74) is -1.27. The van der Waals surface area contributed by atoms with Gasteiger partial charge in [0.05, 0.1) is 0 Å². The van der Waals surface area contributed by atoms with E-state index in [2.05, 4.69) is 5.32 Å². The third-order valence-electron chi connectivity index (χ3n) is 2.98. The predicted molar refractivity (Wildman–Crippen MR) is 45.8 cm³/mol. The summed E-state index contributed by atoms with van der Waals surface area (Å²) < 4.78 is 0. The van der Waals surface area contributed by atoms with Gasteiger partial charge < -0.3 is 20.6 Å². The summed E-state index contributed by atoms with van der Waals surface area (Å²) in [6.45, 7) is 1.36. The van der Waals surface area contributed by atoms with Gasteiger partial charge in [-0.2, -0.15) is 0 Å². The third kappa shape index (κ3) is 1.37. The summed E-state index contributed by atoms with van der Waals surface area (Å²) in [4.78, 5) is 1.58. The summed E-state index contributed by atoms with van der Waals surface area (Å²) in [7, 11) is 0. The molecule has 3 atom stereocenters. The van der Waals surface area contributed by atoms with Gasteiger partial charge in [-0.3, -0.25) is 0 Å². The molecule has 13 heavy (non-hydrogen) atoms. The van der Waals surface area contributed by atoms with E-state index in [1.165, 1.54) is 0 Å². The molecule has 0 saturated carbocycles. The van der Waals surface area contributed by atoms with Crippen molar-refractivity contribution in [2.24, 2.45) is 0 Å². The molecule has 0 spiro atoms. The molecule has 3 unspecified atom stereocenters. The van der Waals surface area contributed by atoms with E-state index in [0.717, 1.165) is 6.42 Å². The Hall–Kier alpha value is -0.200. The maximum absolute atomic E-state index is 10.1. The molecule has 0 aromatic heterocycles. The third-order valence-corrected chi connectivity index (χ3v) is 2.98. The summed E-state index contributed by atoms with van der Waals surface area (Å²) in [5, 5.41) is 32.1. The van der Waals surface area contributed by atoms with Gasteiger partial charge in [-0.25, -0.2) is 4.90 Å². The summed E-state index contributed by atoms with van der Waals surface area (Å²) in [6.07, 6.45) is 0.130. The van der Waals surface area contributed by atoms with Crippen LogP contribution in [0.4, 0.5) is 0 Å². The number of aliphatic hydroxyl groups is 3. The number of hydrogen-bond donors (Lipinski definition) is 4. The first-order valence-electron chi connectivity index (χ1n) is 4.70. The molecule has 0 bridgehead atoms. The van der Waals surface area contributed by atoms with E-state index < -0.39 is 18.1 Å². The lowest BCUT2D eigenvalue weighted by Gasteiger charge is -2.37. The lowest BCUT2D eigenvalue weighted by molar-refractivity contribution is -0.189. The fourth-order valence-corrected chi connectivity index (χ4v) is 2.17. The highest BCUT2D eigenvalue weighted by Crippen LogP contribution is 2.28. The number of rotatable bonds is 1. The van der Waals surface area contributed by atoms with E-state index >= 15 is 0 Å². The van der Waals surface area contributed by atoms with Gasteiger partial charge in [0.15, 0.2) is 5.72 Å². The fraction of sp³-hybridized carbons (Fsp3) is 1.00. The monoisotopic (exact) mass is 188 g/mol. The summed E-state index contributed by atoms with van der Waals surface area (Å²) in [6, 6.07) is 0. The van der Waals surface area contributed by atoms with Crippen LogP contribution in [0.2, 0.25) is 0 Å². The zero-order valence-corrected chi connectivity index (χ0v) is 7.48. The minimum atomic E-state index is -1.27. The number of aliphatic hydroxyl groups excluding tert-OH is 2. The van der Waals surface area contributed by atoms with Crippen molar-refractivity contribution in [2.75, 3.05) is 19.6 Å². The SMILES string of the molecule is OC1CCCN1C1(O)CNCC1O. The van der Waals surface area contributed by atoms with Crippen molar-refractivity contribution in [1.82, 2.24) is 10.2 Å². The number of hydrogen-bond acceptors (Lipinski definition) is 5. The Morgan fingerprint density at radius 3 is 2.62 bits per heavy atom. The lowest BCUT2D eigenvalue weighted by Crippen LogP contribution is -2.58. The quantitative estimate of drug-likeness (QED) is 0.385. The molecule has 2 fully saturated rings. The van der Waals surface area contributed by atoms with E-state index in [0.29, 0.717) is 26.1 Å². The van der Waals surface area contributed by atoms with Gasteiger partial charge in [-0.15, -0.1) is 0 Å². The average Bonchev–Trinajstić information content (AvgIpc) is 2.62. The van der Waals surface area contributed by atoms with Crippen LogP contribution < -0.4 is 5.32 Å². The molecule has 2 saturated heterocycles. The largest absolute Gasteiger partial charge is 0.387 e. The Morgan fingerprint density at radius 2 is 2.15 bits per heavy atom. The zero-order valence-electron chi connectivity index (χ0n) is 7.48. The highest BCUT2D eigenvalue weighted by molar-refractivity contribution is 4.97. The Labute approximate surface area is 77.0 Å². The first-order chi connectivity index (χ1) is 6.14. The van der Waals surface area contributed by atoms with Crippen molar-refractivity contribution in [2.45, 2.75) is 30.9 Å². The molecule has 0 aromatic rings. The Kier molecular flexibility index (Phi) is 2.29. The van der Waals surface area contributed by atoms with Gasteiger partial charge >= 0.3 is 0 Å². The second-order valence-electron chi connectivity index (χ2n) is 3.84. The minimum Gasteiger partial charge on any atom is -0.387 e. The van der Waals surface area contributed by atoms with Crippen LogP contribution in [0.25, 0.3) is 0 Å². The highest BCUT2D eigenvalue weighted by atomic mass is 16.4. The molecule has 2 aliphatic rings. The molecule has 2 aliphatic heterocycles. The second-order valence-corrected chi connectivity index (χ2v) is 3.84. The predicted octanol–water partition coefficient (Wildman–Crippen LogP) is -1.95. The van der Waals surface area contributed by atoms with Crippen molar-refractivity contribution in [1.29, 1.82) is 0 Å². The van der Waals surface area contributed by atoms with Crippen LogP contribution in [0.1, 0.15) is 12.8 Å². The molecule has 5 nitrogen and oxygen atoms in total. The van der Waals surface area contributed by atoms with Gasteiger partial charge in [0.25, 0.3) is 0 Å². The van der Waals surface area contributed by atoms with E-state index in [-0.39, 0.29) is 0 Å². The normalized spacial score (nSPS) is 47.3. The van der Waals surface area contributed by atoms with Gasteiger partial charge in [0, 0.05) is 19.6 Å². The number of likely N-dealkylation sites (tertiary alicyclic amines) is 1. The van der Waals surface area contributed by atoms with Gasteiger partial charge in [-0.05, 0) is 12.8 Å². The molecule has 76 valence electrons. The minimum absolute atomic E-state index is 0.325. The van der Waals surface area contributed by atoms with E-state index in [9.17, 15) is 15.3 Å². The van der Waals surface area contributed by atoms with Crippen LogP contribution in [0.5, 0.6) is 0 Å². The van der Waals surface area contributed by atoms with Crippen LogP contribution in [-0.4, -0.2) is 57.9 Å². The van der Waals surface area contributed by atoms with Crippen molar-refractivity contribution in [3.8, 4) is 0 Å². The second kappa shape index (κ2) is 3.18. The molecule has 0 amide bonds. The number of nitrogens with one attached hydrogen (secondary N) is 1. The maximum atomic E-state index is 10.1. The van der Waals surface area contributed by atoms with E-state index in [1.807, 2.05) is 0 Å². The summed E-state index contributed by atoms with van der Waals surface area (Å²) in [5.74, 6) is 0. The standard InChI is InChI=1S/C8H16N2O3/c11-6-4-9-5-8(6,13)10-3-1-2-7(10)12/h6-7,9,11-13H,1-5H2. The summed E-state index contributed by atoms with van der Waals surface area (Å²) >= 11 is 0. The molecular weight excluding hydrogens is 172 g/mol. The first kappa shape index (κ1) is 9.36. The van der Waals surface area contributed by atoms with E-state index in [4.69, 9.17) is 0 Å². The molecule has 5 heteroatoms. The molecule has 4 N–H and O–H groups in total. The molecule has 0 radical (unpaired) electrons. The number of nitrogens with zero attached hydrogens (tertiary/aromatic N) is 1. The molecular formula is C8H16N2O3. The van der Waals surface area contributed by atoms with Crippen LogP contribution in [0, 0.1) is 0 Å². The van der Waals surface area contributed by atoms with Crippen molar-refractivity contribution >= 4 is 0 Å². The maximum Gasteiger partial charge on any atom is 0.160 e. The van der Waals surface area contributed by atoms with E-state index in [1.54, 1.807) is 4.90 Å². The van der Waals surface area contributed by atoms with Crippen LogP contribution >= 0.6 is 0 Å². The van der Waals surface area contributed by atoms with Crippen LogP contribution in [0.3, 0.4) is 0 Å². The lowest BCUT2D eigenvalue weighted by atomic mass is 10.1. The highest BCUT2D eigenvalue weighted by Gasteiger charge is 2.48. The topological polar surface area (TPSA) is 76.0 Å². The van der Waals surface area contributed by atoms with Crippen LogP contribution in [0.15, 0.2) is 0 Å². The van der Waals surface area contributed by atoms with Crippen molar-refractivity contribution in [3.63, 3.8) is 0 Å². The fourth-order valence-electron chi connectivity index (χ4n) is 2.17. The van der Waals surface area contributed by atoms with Gasteiger partial charge in [0.2, 0.25) is 0 Å². The molecule has 2 rings (SSSR count). The van der Waals surface area contributed by atoms with Crippen LogP contribution in [-0.2, 0) is 0 Å². The Balaban J connectivity index is 2.13. The van der Waals surface area contributed by atoms with Gasteiger partial charge in [0.1, 0.15) is 12.3 Å². The zero-order chi connectivity index (χ0) is 9.47. The molecule has 0 aromatic carbocycles. The smallest absolute Gasteiger partial charge is 0.160 e. The Bertz CT molecular complexity index is 202. The van der Waals surface area contributed by atoms with Crippen molar-refractivity contribution < 1.29 is 15.3 Å². The van der Waals surface area contributed by atoms with Gasteiger partial charge in [-0.1, -0.05) is 0 Å². The number of β-amino-alcohol motifs (C(OH)–C–C–N with tert-alkyl or cyclic N) is 2. The molecule has 2 heterocycles. The first-order valence-corrected chi connectivity index (χ1v) is 4.70.